The van der Waals surface area contributed by atoms with Gasteiger partial charge in [0.05, 0.1) is 15.5 Å². The van der Waals surface area contributed by atoms with Crippen molar-refractivity contribution in [3.8, 4) is 0 Å². The van der Waals surface area contributed by atoms with Crippen molar-refractivity contribution in [3.05, 3.63) is 18.6 Å². The number of hydrogen-bond acceptors (Lipinski definition) is 6. The molecule has 2 heterocycles. The van der Waals surface area contributed by atoms with Crippen molar-refractivity contribution in [3.63, 3.8) is 0 Å². The summed E-state index contributed by atoms with van der Waals surface area (Å²) in [5.41, 5.74) is 0.808. The molecule has 1 aliphatic carbocycles. The molecule has 7 nitrogen and oxygen atoms in total. The van der Waals surface area contributed by atoms with Crippen molar-refractivity contribution in [1.29, 1.82) is 0 Å². The Kier molecular flexibility index (Phi) is 6.62. The molecule has 1 fully saturated rings. The third-order valence-corrected chi connectivity index (χ3v) is 5.35. The van der Waals surface area contributed by atoms with Crippen LogP contribution < -0.4 is 56.3 Å². The van der Waals surface area contributed by atoms with Gasteiger partial charge in [-0.25, -0.2) is 18.4 Å². The predicted molar refractivity (Wildman–Crippen MR) is 82.6 cm³/mol. The summed E-state index contributed by atoms with van der Waals surface area (Å²) in [6.45, 7) is 0. The number of rotatable bonds is 4. The number of hydrogen-bond donors (Lipinski definition) is 1. The number of anilines is 1. The average Bonchev–Trinajstić information content (AvgIpc) is 2.94. The van der Waals surface area contributed by atoms with Crippen molar-refractivity contribution in [2.45, 2.75) is 31.7 Å². The number of H-pyrrole nitrogens is 1. The first-order chi connectivity index (χ1) is 10.4. The van der Waals surface area contributed by atoms with Crippen molar-refractivity contribution in [2.24, 2.45) is 5.92 Å². The predicted octanol–water partition coefficient (Wildman–Crippen LogP) is -1.50. The van der Waals surface area contributed by atoms with Gasteiger partial charge in [-0.3, -0.25) is 0 Å². The standard InChI is InChI=1S/C14H20N4O3S.K/c1-18(14-12-6-7-15-13(12)16-9-17-14)11-4-2-10(3-5-11)8-22(19,20)21;/h6-7,9-11H,2-5,8H2,1H3,(H,15,16,17)(H,19,20,21);/q;+1/p-1. The molecule has 2 aromatic rings. The summed E-state index contributed by atoms with van der Waals surface area (Å²) < 4.78 is 32.6. The Morgan fingerprint density at radius 3 is 2.65 bits per heavy atom. The Labute approximate surface area is 178 Å². The summed E-state index contributed by atoms with van der Waals surface area (Å²) in [4.78, 5) is 13.8. The minimum atomic E-state index is -4.12. The van der Waals surface area contributed by atoms with Gasteiger partial charge >= 0.3 is 51.4 Å². The second-order valence-electron chi connectivity index (χ2n) is 5.95. The molecular formula is C14H19KN4O3S. The van der Waals surface area contributed by atoms with Gasteiger partial charge in [0.25, 0.3) is 0 Å². The van der Waals surface area contributed by atoms with Gasteiger partial charge in [0.15, 0.2) is 0 Å². The largest absolute Gasteiger partial charge is 1.00 e. The quantitative estimate of drug-likeness (QED) is 0.525. The molecule has 1 N–H and O–H groups in total. The Bertz CT molecular complexity index is 756. The van der Waals surface area contributed by atoms with Crippen LogP contribution in [0.25, 0.3) is 11.0 Å². The van der Waals surface area contributed by atoms with E-state index in [0.717, 1.165) is 42.5 Å². The molecule has 0 aliphatic heterocycles. The van der Waals surface area contributed by atoms with Crippen LogP contribution in [0.2, 0.25) is 0 Å². The maximum Gasteiger partial charge on any atom is 1.00 e. The molecular weight excluding hydrogens is 343 g/mol. The van der Waals surface area contributed by atoms with Crippen LogP contribution in [0.5, 0.6) is 0 Å². The molecule has 23 heavy (non-hydrogen) atoms. The van der Waals surface area contributed by atoms with Crippen molar-refractivity contribution < 1.29 is 64.4 Å². The molecule has 1 saturated carbocycles. The Morgan fingerprint density at radius 2 is 2.00 bits per heavy atom. The minimum absolute atomic E-state index is 0. The molecule has 9 heteroatoms. The summed E-state index contributed by atoms with van der Waals surface area (Å²) in [6, 6.07) is 2.26. The van der Waals surface area contributed by atoms with Gasteiger partial charge in [-0.1, -0.05) is 0 Å². The maximum absolute atomic E-state index is 10.9. The van der Waals surface area contributed by atoms with E-state index >= 15 is 0 Å². The fourth-order valence-corrected chi connectivity index (χ4v) is 4.21. The fraction of sp³-hybridized carbons (Fsp3) is 0.571. The van der Waals surface area contributed by atoms with Crippen LogP contribution in [0, 0.1) is 5.92 Å². The van der Waals surface area contributed by atoms with E-state index in [1.807, 2.05) is 19.3 Å². The van der Waals surface area contributed by atoms with Crippen LogP contribution in [0.1, 0.15) is 25.7 Å². The summed E-state index contributed by atoms with van der Waals surface area (Å²) >= 11 is 0. The van der Waals surface area contributed by atoms with E-state index in [1.54, 1.807) is 6.33 Å². The molecule has 2 aromatic heterocycles. The van der Waals surface area contributed by atoms with Crippen molar-refractivity contribution >= 4 is 27.0 Å². The van der Waals surface area contributed by atoms with Gasteiger partial charge in [-0.2, -0.15) is 0 Å². The Hall–Kier alpha value is -0.0336. The molecule has 3 rings (SSSR count). The molecule has 1 aliphatic rings. The third-order valence-electron chi connectivity index (χ3n) is 4.47. The van der Waals surface area contributed by atoms with Crippen LogP contribution in [-0.4, -0.2) is 46.8 Å². The zero-order valence-electron chi connectivity index (χ0n) is 13.4. The summed E-state index contributed by atoms with van der Waals surface area (Å²) in [7, 11) is -2.12. The van der Waals surface area contributed by atoms with Gasteiger partial charge in [0, 0.05) is 25.0 Å². The smallest absolute Gasteiger partial charge is 0.748 e. The van der Waals surface area contributed by atoms with Gasteiger partial charge in [-0.05, 0) is 37.7 Å². The van der Waals surface area contributed by atoms with Crippen molar-refractivity contribution in [2.75, 3.05) is 17.7 Å². The van der Waals surface area contributed by atoms with Crippen LogP contribution in [0.3, 0.4) is 0 Å². The average molecular weight is 362 g/mol. The number of nitrogens with zero attached hydrogens (tertiary/aromatic N) is 3. The molecule has 0 bridgehead atoms. The molecule has 0 unspecified atom stereocenters. The monoisotopic (exact) mass is 362 g/mol. The number of nitrogens with one attached hydrogen (secondary N) is 1. The van der Waals surface area contributed by atoms with Crippen LogP contribution in [0.4, 0.5) is 5.82 Å². The van der Waals surface area contributed by atoms with Crippen LogP contribution in [0.15, 0.2) is 18.6 Å². The van der Waals surface area contributed by atoms with Gasteiger partial charge < -0.3 is 14.4 Å². The Morgan fingerprint density at radius 1 is 1.30 bits per heavy atom. The fourth-order valence-electron chi connectivity index (χ4n) is 3.30. The molecule has 0 saturated heterocycles. The zero-order valence-corrected chi connectivity index (χ0v) is 17.3. The molecule has 0 radical (unpaired) electrons. The van der Waals surface area contributed by atoms with Gasteiger partial charge in [-0.15, -0.1) is 0 Å². The molecule has 0 amide bonds. The number of aromatic amines is 1. The summed E-state index contributed by atoms with van der Waals surface area (Å²) in [6.07, 6.45) is 6.64. The number of fused-ring (bicyclic) bond motifs is 1. The molecule has 120 valence electrons. The van der Waals surface area contributed by atoms with E-state index in [1.165, 1.54) is 0 Å². The van der Waals surface area contributed by atoms with Gasteiger partial charge in [0.1, 0.15) is 17.8 Å². The van der Waals surface area contributed by atoms with E-state index in [-0.39, 0.29) is 63.1 Å². The first-order valence-corrected chi connectivity index (χ1v) is 8.96. The maximum atomic E-state index is 10.9. The van der Waals surface area contributed by atoms with E-state index < -0.39 is 10.1 Å². The van der Waals surface area contributed by atoms with Crippen molar-refractivity contribution in [1.82, 2.24) is 15.0 Å². The summed E-state index contributed by atoms with van der Waals surface area (Å²) in [5.74, 6) is 0.634. The van der Waals surface area contributed by atoms with E-state index in [4.69, 9.17) is 0 Å². The topological polar surface area (TPSA) is 102 Å². The second kappa shape index (κ2) is 7.90. The Balaban J connectivity index is 0.00000192. The zero-order chi connectivity index (χ0) is 15.7. The molecule has 0 aromatic carbocycles. The van der Waals surface area contributed by atoms with Gasteiger partial charge in [0.2, 0.25) is 0 Å². The van der Waals surface area contributed by atoms with Crippen LogP contribution in [-0.2, 0) is 10.1 Å². The second-order valence-corrected chi connectivity index (χ2v) is 7.40. The normalized spacial score (nSPS) is 21.8. The first kappa shape index (κ1) is 19.3. The SMILES string of the molecule is CN(c1ncnc2[nH]ccc12)C1CCC(CS(=O)(=O)[O-])CC1.[K+]. The van der Waals surface area contributed by atoms with E-state index in [0.29, 0.717) is 6.04 Å². The molecule has 0 atom stereocenters. The summed E-state index contributed by atoms with van der Waals surface area (Å²) in [5, 5.41) is 0.981. The minimum Gasteiger partial charge on any atom is -0.748 e. The third kappa shape index (κ3) is 4.74. The van der Waals surface area contributed by atoms with E-state index in [9.17, 15) is 13.0 Å². The van der Waals surface area contributed by atoms with E-state index in [2.05, 4.69) is 19.9 Å². The molecule has 0 spiro atoms. The first-order valence-electron chi connectivity index (χ1n) is 7.38. The number of aromatic nitrogens is 3. The van der Waals surface area contributed by atoms with Crippen LogP contribution >= 0.6 is 0 Å².